The van der Waals surface area contributed by atoms with Crippen LogP contribution in [-0.2, 0) is 23.8 Å². The first-order valence-electron chi connectivity index (χ1n) is 10.9. The van der Waals surface area contributed by atoms with Crippen LogP contribution in [0.25, 0.3) is 0 Å². The van der Waals surface area contributed by atoms with E-state index in [1.165, 1.54) is 64.2 Å². The van der Waals surface area contributed by atoms with E-state index in [2.05, 4.69) is 6.92 Å². The van der Waals surface area contributed by atoms with E-state index in [0.29, 0.717) is 13.2 Å². The Labute approximate surface area is 166 Å². The van der Waals surface area contributed by atoms with Gasteiger partial charge in [-0.3, -0.25) is 0 Å². The molecule has 0 bridgehead atoms. The fourth-order valence-electron chi connectivity index (χ4n) is 2.69. The molecule has 0 rings (SSSR count). The number of esters is 2. The average molecular weight is 387 g/mol. The molecule has 0 saturated carbocycles. The molecule has 0 spiro atoms. The van der Waals surface area contributed by atoms with Crippen molar-refractivity contribution in [3.63, 3.8) is 0 Å². The standard InChI is InChI=1S/C22H42O5/c1-4-5-6-7-8-9-10-11-12-13-14-15-16-26-21(23)18-25-19-22(24)27-17-20(2)3/h20H,4-19H2,1-3H3. The van der Waals surface area contributed by atoms with Crippen LogP contribution in [0.2, 0.25) is 0 Å². The van der Waals surface area contributed by atoms with Gasteiger partial charge in [-0.15, -0.1) is 0 Å². The Morgan fingerprint density at radius 1 is 0.667 bits per heavy atom. The summed E-state index contributed by atoms with van der Waals surface area (Å²) in [6, 6.07) is 0. The summed E-state index contributed by atoms with van der Waals surface area (Å²) in [7, 11) is 0. The van der Waals surface area contributed by atoms with E-state index >= 15 is 0 Å². The zero-order chi connectivity index (χ0) is 20.2. The van der Waals surface area contributed by atoms with E-state index in [1.807, 2.05) is 13.8 Å². The lowest BCUT2D eigenvalue weighted by Gasteiger charge is -2.08. The van der Waals surface area contributed by atoms with Crippen LogP contribution in [0.1, 0.15) is 97.8 Å². The Hall–Kier alpha value is -1.10. The Morgan fingerprint density at radius 2 is 1.11 bits per heavy atom. The maximum Gasteiger partial charge on any atom is 0.332 e. The first-order chi connectivity index (χ1) is 13.1. The second kappa shape index (κ2) is 19.7. The van der Waals surface area contributed by atoms with Gasteiger partial charge in [0.2, 0.25) is 0 Å². The van der Waals surface area contributed by atoms with Gasteiger partial charge < -0.3 is 14.2 Å². The molecule has 5 nitrogen and oxygen atoms in total. The molecule has 27 heavy (non-hydrogen) atoms. The molecule has 160 valence electrons. The molecule has 0 radical (unpaired) electrons. The molecular weight excluding hydrogens is 344 g/mol. The van der Waals surface area contributed by atoms with Crippen LogP contribution in [-0.4, -0.2) is 38.4 Å². The van der Waals surface area contributed by atoms with Gasteiger partial charge in [0.15, 0.2) is 0 Å². The van der Waals surface area contributed by atoms with E-state index in [9.17, 15) is 9.59 Å². The molecule has 0 amide bonds. The van der Waals surface area contributed by atoms with Gasteiger partial charge in [-0.25, -0.2) is 9.59 Å². The van der Waals surface area contributed by atoms with Gasteiger partial charge in [0.1, 0.15) is 13.2 Å². The molecule has 0 atom stereocenters. The van der Waals surface area contributed by atoms with Gasteiger partial charge in [-0.1, -0.05) is 91.4 Å². The lowest BCUT2D eigenvalue weighted by Crippen LogP contribution is -2.20. The lowest BCUT2D eigenvalue weighted by atomic mass is 10.1. The van der Waals surface area contributed by atoms with E-state index in [4.69, 9.17) is 14.2 Å². The maximum atomic E-state index is 11.5. The Bertz CT molecular complexity index is 355. The van der Waals surface area contributed by atoms with Crippen molar-refractivity contribution in [3.05, 3.63) is 0 Å². The third kappa shape index (κ3) is 21.1. The summed E-state index contributed by atoms with van der Waals surface area (Å²) in [5, 5.41) is 0. The molecule has 0 aliphatic rings. The molecule has 0 aromatic rings. The lowest BCUT2D eigenvalue weighted by molar-refractivity contribution is -0.156. The fraction of sp³-hybridized carbons (Fsp3) is 0.909. The molecule has 5 heteroatoms. The number of carbonyl (C=O) groups is 2. The highest BCUT2D eigenvalue weighted by atomic mass is 16.6. The molecule has 0 aliphatic heterocycles. The fourth-order valence-corrected chi connectivity index (χ4v) is 2.69. The minimum Gasteiger partial charge on any atom is -0.464 e. The summed E-state index contributed by atoms with van der Waals surface area (Å²) in [5.41, 5.74) is 0. The van der Waals surface area contributed by atoms with Crippen molar-refractivity contribution in [2.75, 3.05) is 26.4 Å². The summed E-state index contributed by atoms with van der Waals surface area (Å²) in [4.78, 5) is 22.8. The van der Waals surface area contributed by atoms with Crippen molar-refractivity contribution in [1.82, 2.24) is 0 Å². The van der Waals surface area contributed by atoms with Crippen molar-refractivity contribution in [2.45, 2.75) is 97.8 Å². The number of rotatable bonds is 19. The van der Waals surface area contributed by atoms with E-state index in [0.717, 1.165) is 12.8 Å². The highest BCUT2D eigenvalue weighted by Gasteiger charge is 2.08. The maximum absolute atomic E-state index is 11.5. The van der Waals surface area contributed by atoms with Crippen LogP contribution in [0.5, 0.6) is 0 Å². The second-order valence-electron chi connectivity index (χ2n) is 7.68. The topological polar surface area (TPSA) is 61.8 Å². The normalized spacial score (nSPS) is 11.0. The zero-order valence-corrected chi connectivity index (χ0v) is 17.9. The number of carbonyl (C=O) groups excluding carboxylic acids is 2. The minimum atomic E-state index is -0.447. The number of hydrogen-bond acceptors (Lipinski definition) is 5. The van der Waals surface area contributed by atoms with Gasteiger partial charge in [0.05, 0.1) is 13.2 Å². The van der Waals surface area contributed by atoms with Crippen molar-refractivity contribution in [2.24, 2.45) is 5.92 Å². The Kier molecular flexibility index (Phi) is 18.9. The summed E-state index contributed by atoms with van der Waals surface area (Å²) in [5.74, 6) is -0.582. The highest BCUT2D eigenvalue weighted by Crippen LogP contribution is 2.11. The van der Waals surface area contributed by atoms with Crippen molar-refractivity contribution >= 4 is 11.9 Å². The minimum absolute atomic E-state index is 0.199. The van der Waals surface area contributed by atoms with Crippen molar-refractivity contribution < 1.29 is 23.8 Å². The second-order valence-corrected chi connectivity index (χ2v) is 7.68. The summed E-state index contributed by atoms with van der Waals surface area (Å²) in [6.07, 6.45) is 15.3. The molecule has 0 heterocycles. The van der Waals surface area contributed by atoms with Crippen molar-refractivity contribution in [1.29, 1.82) is 0 Å². The summed E-state index contributed by atoms with van der Waals surface area (Å²) >= 11 is 0. The van der Waals surface area contributed by atoms with Crippen LogP contribution in [0.15, 0.2) is 0 Å². The largest absolute Gasteiger partial charge is 0.464 e. The molecule has 0 fully saturated rings. The number of unbranched alkanes of at least 4 members (excludes halogenated alkanes) is 11. The predicted octanol–water partition coefficient (Wildman–Crippen LogP) is 5.45. The summed E-state index contributed by atoms with van der Waals surface area (Å²) < 4.78 is 15.1. The van der Waals surface area contributed by atoms with Crippen LogP contribution in [0.3, 0.4) is 0 Å². The van der Waals surface area contributed by atoms with E-state index in [1.54, 1.807) is 0 Å². The monoisotopic (exact) mass is 386 g/mol. The summed E-state index contributed by atoms with van der Waals surface area (Å²) in [6.45, 7) is 6.56. The average Bonchev–Trinajstić information content (AvgIpc) is 2.63. The predicted molar refractivity (Wildman–Crippen MR) is 109 cm³/mol. The SMILES string of the molecule is CCCCCCCCCCCCCCOC(=O)COCC(=O)OCC(C)C. The van der Waals surface area contributed by atoms with Crippen LogP contribution >= 0.6 is 0 Å². The van der Waals surface area contributed by atoms with Crippen molar-refractivity contribution in [3.8, 4) is 0 Å². The van der Waals surface area contributed by atoms with Crippen LogP contribution in [0.4, 0.5) is 0 Å². The Morgan fingerprint density at radius 3 is 1.59 bits per heavy atom. The first kappa shape index (κ1) is 25.9. The molecule has 0 aliphatic carbocycles. The van der Waals surface area contributed by atoms with Gasteiger partial charge in [0.25, 0.3) is 0 Å². The van der Waals surface area contributed by atoms with Gasteiger partial charge in [-0.05, 0) is 12.3 Å². The van der Waals surface area contributed by atoms with Crippen LogP contribution in [0, 0.1) is 5.92 Å². The molecular formula is C22H42O5. The van der Waals surface area contributed by atoms with Gasteiger partial charge >= 0.3 is 11.9 Å². The molecule has 0 aromatic carbocycles. The van der Waals surface area contributed by atoms with E-state index < -0.39 is 11.9 Å². The molecule has 0 aromatic heterocycles. The van der Waals surface area contributed by atoms with Crippen LogP contribution < -0.4 is 0 Å². The third-order valence-electron chi connectivity index (χ3n) is 4.28. The first-order valence-corrected chi connectivity index (χ1v) is 10.9. The molecule has 0 unspecified atom stereocenters. The third-order valence-corrected chi connectivity index (χ3v) is 4.28. The Balaban J connectivity index is 3.26. The number of ether oxygens (including phenoxy) is 3. The zero-order valence-electron chi connectivity index (χ0n) is 17.9. The van der Waals surface area contributed by atoms with Gasteiger partial charge in [-0.2, -0.15) is 0 Å². The molecule has 0 saturated heterocycles. The quantitative estimate of drug-likeness (QED) is 0.218. The van der Waals surface area contributed by atoms with Gasteiger partial charge in [0, 0.05) is 0 Å². The number of hydrogen-bond donors (Lipinski definition) is 0. The smallest absolute Gasteiger partial charge is 0.332 e. The molecule has 0 N–H and O–H groups in total. The van der Waals surface area contributed by atoms with E-state index in [-0.39, 0.29) is 19.1 Å². The highest BCUT2D eigenvalue weighted by molar-refractivity contribution is 5.73.